The van der Waals surface area contributed by atoms with Gasteiger partial charge in [0, 0.05) is 18.2 Å². The number of carbonyl (C=O) groups is 2. The lowest BCUT2D eigenvalue weighted by atomic mass is 9.75. The lowest BCUT2D eigenvalue weighted by Gasteiger charge is -2.35. The summed E-state index contributed by atoms with van der Waals surface area (Å²) in [5.41, 5.74) is 0.711. The minimum absolute atomic E-state index is 0.00766. The van der Waals surface area contributed by atoms with Crippen LogP contribution < -0.4 is 10.6 Å². The molecule has 52 heavy (non-hydrogen) atoms. The molecule has 0 bridgehead atoms. The lowest BCUT2D eigenvalue weighted by molar-refractivity contribution is -0.134. The Morgan fingerprint density at radius 1 is 1.13 bits per heavy atom. The number of alkyl halides is 4. The molecule has 0 spiro atoms. The first-order valence-electron chi connectivity index (χ1n) is 16.7. The summed E-state index contributed by atoms with van der Waals surface area (Å²) in [6.07, 6.45) is 2.47. The molecule has 1 unspecified atom stereocenters. The van der Waals surface area contributed by atoms with E-state index in [9.17, 15) is 27.2 Å². The summed E-state index contributed by atoms with van der Waals surface area (Å²) in [5.74, 6) is -4.61. The van der Waals surface area contributed by atoms with Crippen molar-refractivity contribution in [1.29, 1.82) is 5.41 Å². The second-order valence-electron chi connectivity index (χ2n) is 14.6. The highest BCUT2D eigenvalue weighted by Gasteiger charge is 2.58. The normalized spacial score (nSPS) is 21.7. The number of aromatic nitrogens is 5. The monoisotopic (exact) mass is 741 g/mol. The molecule has 0 radical (unpaired) electrons. The molecule has 2 aliphatic carbocycles. The maximum Gasteiger partial charge on any atom is 0.407 e. The number of rotatable bonds is 11. The Kier molecular flexibility index (Phi) is 8.78. The molecule has 17 heteroatoms. The van der Waals surface area contributed by atoms with Gasteiger partial charge in [-0.05, 0) is 53.5 Å². The maximum atomic E-state index is 14.9. The van der Waals surface area contributed by atoms with Gasteiger partial charge in [-0.25, -0.2) is 32.0 Å². The first-order chi connectivity index (χ1) is 24.6. The molecule has 2 amide bonds. The highest BCUT2D eigenvalue weighted by molar-refractivity contribution is 6.32. The Morgan fingerprint density at radius 2 is 1.85 bits per heavy atom. The largest absolute Gasteiger partial charge is 0.447 e. The van der Waals surface area contributed by atoms with E-state index in [0.29, 0.717) is 11.6 Å². The third-order valence-corrected chi connectivity index (χ3v) is 9.66. The summed E-state index contributed by atoms with van der Waals surface area (Å²) in [5, 5.41) is 22.8. The standard InChI is InChI=1S/C35H36ClF4N9O3/c1-33(2,3)17-34(22-7-4-19(5-8-22)21-14-43-47(15-21)23-9-10-23)30(50)48(31(41)46-34)26(16-52-32(51)45-27-13-35(27,39)40)20-6-11-24(36)25(12-20)49-29(28(37)38)42-18-44-49/h4-8,11-12,14-15,18,23,26-28H,9-10,13,16-17H2,1-3H3,(H2,41,46)(H,45,51)/t26-,27?,34-/m1/s1. The topological polar surface area (TPSA) is 143 Å². The molecular formula is C35H36ClF4N9O3. The van der Waals surface area contributed by atoms with Gasteiger partial charge in [-0.2, -0.15) is 10.2 Å². The zero-order valence-corrected chi connectivity index (χ0v) is 29.2. The summed E-state index contributed by atoms with van der Waals surface area (Å²) >= 11 is 6.44. The Bertz CT molecular complexity index is 2030. The third-order valence-electron chi connectivity index (χ3n) is 9.34. The number of guanidine groups is 1. The molecule has 3 aliphatic rings. The van der Waals surface area contributed by atoms with Crippen LogP contribution >= 0.6 is 11.6 Å². The van der Waals surface area contributed by atoms with Gasteiger partial charge >= 0.3 is 6.09 Å². The van der Waals surface area contributed by atoms with Crippen molar-refractivity contribution in [3.05, 3.63) is 83.2 Å². The molecule has 7 rings (SSSR count). The summed E-state index contributed by atoms with van der Waals surface area (Å²) in [4.78, 5) is 32.3. The van der Waals surface area contributed by atoms with Crippen molar-refractivity contribution in [3.8, 4) is 16.8 Å². The van der Waals surface area contributed by atoms with E-state index in [2.05, 4.69) is 25.8 Å². The average Bonchev–Trinajstić information content (AvgIpc) is 3.81. The summed E-state index contributed by atoms with van der Waals surface area (Å²) in [6, 6.07) is 9.48. The van der Waals surface area contributed by atoms with Crippen LogP contribution in [0.2, 0.25) is 5.02 Å². The SMILES string of the molecule is CC(C)(C)C[C@]1(c2ccc(-c3cnn(C4CC4)c3)cc2)NC(=N)N([C@H](COC(=O)NC2CC2(F)F)c2ccc(Cl)c(-n3ncnc3C(F)F)c2)C1=O. The van der Waals surface area contributed by atoms with Crippen molar-refractivity contribution in [1.82, 2.24) is 40.1 Å². The van der Waals surface area contributed by atoms with Gasteiger partial charge in [0.05, 0.1) is 29.0 Å². The summed E-state index contributed by atoms with van der Waals surface area (Å²) in [6.45, 7) is 5.29. The van der Waals surface area contributed by atoms with E-state index in [1.54, 1.807) is 6.20 Å². The maximum absolute atomic E-state index is 14.9. The van der Waals surface area contributed by atoms with Gasteiger partial charge in [0.2, 0.25) is 0 Å². The van der Waals surface area contributed by atoms with E-state index in [-0.39, 0.29) is 28.7 Å². The van der Waals surface area contributed by atoms with Gasteiger partial charge in [0.15, 0.2) is 11.8 Å². The first kappa shape index (κ1) is 35.4. The van der Waals surface area contributed by atoms with Gasteiger partial charge in [0.25, 0.3) is 18.3 Å². The number of amides is 2. The molecule has 4 aromatic rings. The van der Waals surface area contributed by atoms with Gasteiger partial charge < -0.3 is 15.4 Å². The Labute approximate surface area is 301 Å². The van der Waals surface area contributed by atoms with Crippen molar-refractivity contribution in [3.63, 3.8) is 0 Å². The van der Waals surface area contributed by atoms with E-state index in [0.717, 1.165) is 39.9 Å². The molecule has 1 aliphatic heterocycles. The fourth-order valence-electron chi connectivity index (χ4n) is 6.62. The molecule has 1 saturated heterocycles. The van der Waals surface area contributed by atoms with Crippen LogP contribution in [0.4, 0.5) is 22.4 Å². The van der Waals surface area contributed by atoms with E-state index in [4.69, 9.17) is 21.7 Å². The quantitative estimate of drug-likeness (QED) is 0.142. The fraction of sp³-hybridized carbons (Fsp3) is 0.429. The van der Waals surface area contributed by atoms with Crippen LogP contribution in [0.5, 0.6) is 0 Å². The number of carbonyl (C=O) groups excluding carboxylic acids is 2. The zero-order valence-electron chi connectivity index (χ0n) is 28.4. The van der Waals surface area contributed by atoms with E-state index < -0.39 is 66.2 Å². The summed E-state index contributed by atoms with van der Waals surface area (Å²) in [7, 11) is 0. The van der Waals surface area contributed by atoms with Crippen LogP contribution in [0.15, 0.2) is 61.2 Å². The minimum Gasteiger partial charge on any atom is -0.447 e. The predicted molar refractivity (Wildman–Crippen MR) is 181 cm³/mol. The molecule has 3 fully saturated rings. The Balaban J connectivity index is 1.25. The van der Waals surface area contributed by atoms with Crippen LogP contribution in [-0.4, -0.2) is 66.0 Å². The number of hydrogen-bond donors (Lipinski definition) is 3. The number of nitrogens with zero attached hydrogens (tertiary/aromatic N) is 6. The van der Waals surface area contributed by atoms with Crippen LogP contribution in [0, 0.1) is 10.8 Å². The van der Waals surface area contributed by atoms with Crippen molar-refractivity contribution in [2.24, 2.45) is 5.41 Å². The molecule has 3 heterocycles. The van der Waals surface area contributed by atoms with Crippen molar-refractivity contribution in [2.45, 2.75) is 82.5 Å². The van der Waals surface area contributed by atoms with E-state index in [1.165, 1.54) is 18.2 Å². The molecule has 3 N–H and O–H groups in total. The molecule has 2 aromatic heterocycles. The van der Waals surface area contributed by atoms with Crippen LogP contribution in [0.1, 0.15) is 81.9 Å². The molecule has 12 nitrogen and oxygen atoms in total. The van der Waals surface area contributed by atoms with Crippen LogP contribution in [0.25, 0.3) is 16.8 Å². The number of alkyl carbamates (subject to hydrolysis) is 1. The predicted octanol–water partition coefficient (Wildman–Crippen LogP) is 6.93. The highest BCUT2D eigenvalue weighted by Crippen LogP contribution is 2.44. The number of halogens is 5. The second-order valence-corrected chi connectivity index (χ2v) is 15.0. The van der Waals surface area contributed by atoms with Crippen LogP contribution in [0.3, 0.4) is 0 Å². The van der Waals surface area contributed by atoms with Gasteiger partial charge in [-0.1, -0.05) is 62.7 Å². The molecular weight excluding hydrogens is 706 g/mol. The number of nitrogens with one attached hydrogen (secondary N) is 3. The lowest BCUT2D eigenvalue weighted by Crippen LogP contribution is -2.47. The van der Waals surface area contributed by atoms with Crippen molar-refractivity contribution >= 4 is 29.6 Å². The van der Waals surface area contributed by atoms with Crippen LogP contribution in [-0.2, 0) is 15.1 Å². The Hall–Kier alpha value is -4.99. The van der Waals surface area contributed by atoms with Crippen molar-refractivity contribution in [2.75, 3.05) is 6.61 Å². The number of hydrogen-bond acceptors (Lipinski definition) is 7. The average molecular weight is 742 g/mol. The molecule has 3 atom stereocenters. The number of benzene rings is 2. The minimum atomic E-state index is -3.06. The first-order valence-corrected chi connectivity index (χ1v) is 17.1. The molecule has 2 aromatic carbocycles. The van der Waals surface area contributed by atoms with Gasteiger partial charge in [-0.3, -0.25) is 19.8 Å². The second kappa shape index (κ2) is 12.9. The zero-order chi connectivity index (χ0) is 37.2. The molecule has 2 saturated carbocycles. The van der Waals surface area contributed by atoms with Gasteiger partial charge in [0.1, 0.15) is 24.5 Å². The van der Waals surface area contributed by atoms with Gasteiger partial charge in [-0.15, -0.1) is 0 Å². The Morgan fingerprint density at radius 3 is 2.48 bits per heavy atom. The third kappa shape index (κ3) is 6.83. The number of ether oxygens (including phenoxy) is 1. The molecule has 274 valence electrons. The smallest absolute Gasteiger partial charge is 0.407 e. The summed E-state index contributed by atoms with van der Waals surface area (Å²) < 4.78 is 63.0. The highest BCUT2D eigenvalue weighted by atomic mass is 35.5. The van der Waals surface area contributed by atoms with E-state index in [1.807, 2.05) is 55.9 Å². The fourth-order valence-corrected chi connectivity index (χ4v) is 6.82. The van der Waals surface area contributed by atoms with Crippen molar-refractivity contribution < 1.29 is 31.9 Å². The van der Waals surface area contributed by atoms with E-state index >= 15 is 0 Å².